The van der Waals surface area contributed by atoms with Crippen LogP contribution in [0.5, 0.6) is 0 Å². The molecule has 10 heteroatoms. The van der Waals surface area contributed by atoms with Gasteiger partial charge >= 0.3 is 0 Å². The van der Waals surface area contributed by atoms with Gasteiger partial charge in [0.1, 0.15) is 24.4 Å². The van der Waals surface area contributed by atoms with Crippen LogP contribution in [0.2, 0.25) is 0 Å². The van der Waals surface area contributed by atoms with Crippen LogP contribution >= 0.6 is 0 Å². The molecule has 2 aliphatic heterocycles. The predicted octanol–water partition coefficient (Wildman–Crippen LogP) is -2.82. The summed E-state index contributed by atoms with van der Waals surface area (Å²) in [5.41, 5.74) is 0. The molecule has 6 atom stereocenters. The van der Waals surface area contributed by atoms with Gasteiger partial charge in [-0.25, -0.2) is 0 Å². The third-order valence-electron chi connectivity index (χ3n) is 4.52. The van der Waals surface area contributed by atoms with Gasteiger partial charge in [-0.3, -0.25) is 0 Å². The summed E-state index contributed by atoms with van der Waals surface area (Å²) in [6.07, 6.45) is -3.60. The first-order valence-corrected chi connectivity index (χ1v) is 9.42. The van der Waals surface area contributed by atoms with Crippen LogP contribution in [0.3, 0.4) is 0 Å². The molecule has 0 aromatic carbocycles. The van der Waals surface area contributed by atoms with E-state index in [0.717, 1.165) is 0 Å². The van der Waals surface area contributed by atoms with Crippen molar-refractivity contribution >= 4 is 0 Å². The summed E-state index contributed by atoms with van der Waals surface area (Å²) >= 11 is 0. The molecule has 0 radical (unpaired) electrons. The number of aliphatic hydroxyl groups is 4. The van der Waals surface area contributed by atoms with E-state index in [4.69, 9.17) is 18.9 Å². The second-order valence-electron chi connectivity index (χ2n) is 7.45. The van der Waals surface area contributed by atoms with Crippen molar-refractivity contribution in [2.75, 3.05) is 52.6 Å². The number of fused-ring (bicyclic) bond motifs is 1. The summed E-state index contributed by atoms with van der Waals surface area (Å²) in [5, 5.41) is 45.4. The zero-order valence-corrected chi connectivity index (χ0v) is 16.0. The fourth-order valence-corrected chi connectivity index (χ4v) is 3.18. The summed E-state index contributed by atoms with van der Waals surface area (Å²) in [6.45, 7) is 4.42. The molecule has 160 valence electrons. The zero-order chi connectivity index (χ0) is 19.9. The smallest absolute Gasteiger partial charge is 0.163 e. The van der Waals surface area contributed by atoms with Gasteiger partial charge < -0.3 is 50.0 Å². The molecule has 2 rings (SSSR count). The Kier molecular flexibility index (Phi) is 9.29. The van der Waals surface area contributed by atoms with Crippen molar-refractivity contribution in [2.45, 2.75) is 56.3 Å². The minimum Gasteiger partial charge on any atom is -0.394 e. The largest absolute Gasteiger partial charge is 0.394 e. The van der Waals surface area contributed by atoms with Crippen LogP contribution in [0.15, 0.2) is 0 Å². The van der Waals surface area contributed by atoms with Crippen molar-refractivity contribution in [2.24, 2.45) is 0 Å². The van der Waals surface area contributed by atoms with E-state index in [1.165, 1.54) is 0 Å². The topological polar surface area (TPSA) is 142 Å². The predicted molar refractivity (Wildman–Crippen MR) is 95.2 cm³/mol. The SMILES string of the molecule is CC1(C)O[C@H]2CNCC(O)CO[C@@H](CO)[C@H](CO)OCC(O)CNC[C@@H]2O1. The molecule has 27 heavy (non-hydrogen) atoms. The van der Waals surface area contributed by atoms with Crippen LogP contribution in [0, 0.1) is 0 Å². The summed E-state index contributed by atoms with van der Waals surface area (Å²) in [7, 11) is 0. The van der Waals surface area contributed by atoms with Crippen LogP contribution < -0.4 is 10.6 Å². The van der Waals surface area contributed by atoms with E-state index in [1.54, 1.807) is 0 Å². The molecule has 0 aliphatic carbocycles. The van der Waals surface area contributed by atoms with E-state index in [-0.39, 0.29) is 51.7 Å². The molecular formula is C17H34N2O8. The van der Waals surface area contributed by atoms with E-state index in [0.29, 0.717) is 13.1 Å². The molecule has 0 aromatic rings. The van der Waals surface area contributed by atoms with Crippen molar-refractivity contribution < 1.29 is 39.4 Å². The fourth-order valence-electron chi connectivity index (χ4n) is 3.18. The molecule has 0 amide bonds. The molecular weight excluding hydrogens is 360 g/mol. The Balaban J connectivity index is 1.98. The molecule has 6 N–H and O–H groups in total. The van der Waals surface area contributed by atoms with Crippen molar-refractivity contribution in [3.05, 3.63) is 0 Å². The van der Waals surface area contributed by atoms with Gasteiger partial charge in [-0.15, -0.1) is 0 Å². The fraction of sp³-hybridized carbons (Fsp3) is 1.00. The molecule has 2 fully saturated rings. The molecule has 2 heterocycles. The number of β-amino-alcohol motifs (C(OH)–C–C–N with tert-alkyl or cyclic N) is 2. The Morgan fingerprint density at radius 2 is 1.19 bits per heavy atom. The maximum absolute atomic E-state index is 10.1. The Bertz CT molecular complexity index is 392. The van der Waals surface area contributed by atoms with E-state index >= 15 is 0 Å². The lowest BCUT2D eigenvalue weighted by Crippen LogP contribution is -2.46. The highest BCUT2D eigenvalue weighted by atomic mass is 16.8. The molecule has 2 aliphatic rings. The third kappa shape index (κ3) is 7.50. The Morgan fingerprint density at radius 3 is 1.56 bits per heavy atom. The van der Waals surface area contributed by atoms with Crippen LogP contribution in [-0.4, -0.2) is 115 Å². The van der Waals surface area contributed by atoms with Crippen LogP contribution in [0.4, 0.5) is 0 Å². The summed E-state index contributed by atoms with van der Waals surface area (Å²) < 4.78 is 22.8. The maximum atomic E-state index is 10.1. The molecule has 0 bridgehead atoms. The molecule has 0 aromatic heterocycles. The number of hydrogen-bond donors (Lipinski definition) is 6. The van der Waals surface area contributed by atoms with Crippen molar-refractivity contribution in [3.63, 3.8) is 0 Å². The maximum Gasteiger partial charge on any atom is 0.163 e. The summed E-state index contributed by atoms with van der Waals surface area (Å²) in [4.78, 5) is 0. The number of rotatable bonds is 2. The lowest BCUT2D eigenvalue weighted by atomic mass is 10.2. The molecule has 0 spiro atoms. The monoisotopic (exact) mass is 394 g/mol. The number of ether oxygens (including phenoxy) is 4. The van der Waals surface area contributed by atoms with Crippen molar-refractivity contribution in [1.29, 1.82) is 0 Å². The molecule has 2 unspecified atom stereocenters. The normalized spacial score (nSPS) is 39.8. The molecule has 2 saturated heterocycles. The first-order chi connectivity index (χ1) is 12.8. The highest BCUT2D eigenvalue weighted by molar-refractivity contribution is 4.85. The Hall–Kier alpha value is -0.400. The molecule has 10 nitrogen and oxygen atoms in total. The van der Waals surface area contributed by atoms with E-state index in [9.17, 15) is 20.4 Å². The zero-order valence-electron chi connectivity index (χ0n) is 16.0. The van der Waals surface area contributed by atoms with Gasteiger partial charge in [0, 0.05) is 26.2 Å². The highest BCUT2D eigenvalue weighted by Gasteiger charge is 2.40. The third-order valence-corrected chi connectivity index (χ3v) is 4.52. The summed E-state index contributed by atoms with van der Waals surface area (Å²) in [5.74, 6) is -0.701. The van der Waals surface area contributed by atoms with Crippen molar-refractivity contribution in [3.8, 4) is 0 Å². The van der Waals surface area contributed by atoms with E-state index < -0.39 is 30.2 Å². The van der Waals surface area contributed by atoms with Crippen LogP contribution in [0.1, 0.15) is 13.8 Å². The Labute approximate surface area is 159 Å². The van der Waals surface area contributed by atoms with Gasteiger partial charge in [0.05, 0.1) is 38.6 Å². The minimum absolute atomic E-state index is 0.0286. The standard InChI is InChI=1S/C17H34N2O8/c1-17(2)26-13-5-18-3-11(22)9-24-15(7-20)16(8-21)25-10-12(23)4-19-6-14(13)27-17/h11-16,18-23H,3-10H2,1-2H3/t11?,12?,13-,14-,15-,16-/m0/s1. The van der Waals surface area contributed by atoms with Gasteiger partial charge in [0.15, 0.2) is 5.79 Å². The first-order valence-electron chi connectivity index (χ1n) is 9.42. The van der Waals surface area contributed by atoms with Crippen LogP contribution in [0.25, 0.3) is 0 Å². The average Bonchev–Trinajstić information content (AvgIpc) is 2.90. The van der Waals surface area contributed by atoms with Gasteiger partial charge in [-0.1, -0.05) is 0 Å². The molecule has 0 saturated carbocycles. The quantitative estimate of drug-likeness (QED) is 0.290. The minimum atomic E-state index is -0.802. The lowest BCUT2D eigenvalue weighted by molar-refractivity contribution is -0.145. The second kappa shape index (κ2) is 11.0. The van der Waals surface area contributed by atoms with Crippen LogP contribution in [-0.2, 0) is 18.9 Å². The van der Waals surface area contributed by atoms with Crippen molar-refractivity contribution in [1.82, 2.24) is 10.6 Å². The average molecular weight is 394 g/mol. The van der Waals surface area contributed by atoms with Gasteiger partial charge in [0.2, 0.25) is 0 Å². The second-order valence-corrected chi connectivity index (χ2v) is 7.45. The lowest BCUT2D eigenvalue weighted by Gasteiger charge is -2.27. The Morgan fingerprint density at radius 1 is 0.778 bits per heavy atom. The number of nitrogens with one attached hydrogen (secondary N) is 2. The number of hydrogen-bond acceptors (Lipinski definition) is 10. The first kappa shape index (κ1) is 22.9. The summed E-state index contributed by atoms with van der Waals surface area (Å²) in [6, 6.07) is 0. The van der Waals surface area contributed by atoms with Gasteiger partial charge in [0.25, 0.3) is 0 Å². The van der Waals surface area contributed by atoms with E-state index in [1.807, 2.05) is 13.8 Å². The van der Waals surface area contributed by atoms with Gasteiger partial charge in [-0.05, 0) is 13.8 Å². The number of aliphatic hydroxyl groups excluding tert-OH is 4. The highest BCUT2D eigenvalue weighted by Crippen LogP contribution is 2.27. The van der Waals surface area contributed by atoms with Gasteiger partial charge in [-0.2, -0.15) is 0 Å². The van der Waals surface area contributed by atoms with E-state index in [2.05, 4.69) is 10.6 Å².